The van der Waals surface area contributed by atoms with Crippen LogP contribution >= 0.6 is 23.1 Å². The minimum atomic E-state index is -0.220. The summed E-state index contributed by atoms with van der Waals surface area (Å²) < 4.78 is 7.09. The second-order valence-corrected chi connectivity index (χ2v) is 10.2. The first-order valence-electron chi connectivity index (χ1n) is 10.5. The number of hydrogen-bond acceptors (Lipinski definition) is 5. The minimum Gasteiger partial charge on any atom is -0.451 e. The lowest BCUT2D eigenvalue weighted by molar-refractivity contribution is 0.0998. The molecule has 6 heteroatoms. The molecule has 154 valence electrons. The van der Waals surface area contributed by atoms with E-state index in [9.17, 15) is 4.79 Å². The van der Waals surface area contributed by atoms with E-state index in [0.717, 1.165) is 38.1 Å². The Bertz CT molecular complexity index is 1200. The average Bonchev–Trinajstić information content (AvgIpc) is 3.35. The lowest BCUT2D eigenvalue weighted by atomic mass is 10.0. The second kappa shape index (κ2) is 8.44. The zero-order chi connectivity index (χ0) is 20.5. The summed E-state index contributed by atoms with van der Waals surface area (Å²) in [5.74, 6) is 0.987. The highest BCUT2D eigenvalue weighted by Crippen LogP contribution is 2.35. The number of furan rings is 1. The fourth-order valence-electron chi connectivity index (χ4n) is 4.15. The van der Waals surface area contributed by atoms with Crippen LogP contribution in [0, 0.1) is 6.92 Å². The number of amides is 1. The van der Waals surface area contributed by atoms with Crippen LogP contribution in [-0.2, 0) is 5.75 Å². The summed E-state index contributed by atoms with van der Waals surface area (Å²) in [6.45, 7) is 2.04. The van der Waals surface area contributed by atoms with Crippen LogP contribution in [0.25, 0.3) is 21.2 Å². The van der Waals surface area contributed by atoms with Crippen molar-refractivity contribution in [1.82, 2.24) is 4.98 Å². The van der Waals surface area contributed by atoms with Gasteiger partial charge < -0.3 is 4.42 Å². The van der Waals surface area contributed by atoms with Gasteiger partial charge in [-0.15, -0.1) is 0 Å². The maximum atomic E-state index is 13.2. The number of carbonyl (C=O) groups excluding carboxylic acids is 1. The van der Waals surface area contributed by atoms with E-state index in [0.29, 0.717) is 16.1 Å². The molecule has 30 heavy (non-hydrogen) atoms. The van der Waals surface area contributed by atoms with Crippen LogP contribution in [0.5, 0.6) is 0 Å². The van der Waals surface area contributed by atoms with Gasteiger partial charge >= 0.3 is 0 Å². The van der Waals surface area contributed by atoms with Gasteiger partial charge in [0.15, 0.2) is 10.9 Å². The van der Waals surface area contributed by atoms with Crippen molar-refractivity contribution in [2.45, 2.75) is 50.0 Å². The smallest absolute Gasteiger partial charge is 0.293 e. The molecular formula is C24H24N2O2S2. The molecule has 1 saturated carbocycles. The number of fused-ring (bicyclic) bond motifs is 2. The molecule has 0 spiro atoms. The van der Waals surface area contributed by atoms with E-state index in [1.807, 2.05) is 61.2 Å². The SMILES string of the molecule is Cc1cccc2sc(NC(=O)c3oc4ccccc4c3CSC3CCCCC3)nc12. The van der Waals surface area contributed by atoms with Crippen molar-refractivity contribution >= 4 is 55.3 Å². The van der Waals surface area contributed by atoms with E-state index >= 15 is 0 Å². The fraction of sp³-hybridized carbons (Fsp3) is 0.333. The first kappa shape index (κ1) is 19.6. The Morgan fingerprint density at radius 3 is 2.83 bits per heavy atom. The maximum Gasteiger partial charge on any atom is 0.293 e. The number of anilines is 1. The summed E-state index contributed by atoms with van der Waals surface area (Å²) in [4.78, 5) is 17.8. The van der Waals surface area contributed by atoms with E-state index in [1.165, 1.54) is 43.4 Å². The highest BCUT2D eigenvalue weighted by atomic mass is 32.2. The molecule has 2 heterocycles. The quantitative estimate of drug-likeness (QED) is 0.360. The van der Waals surface area contributed by atoms with E-state index in [4.69, 9.17) is 4.42 Å². The molecule has 1 N–H and O–H groups in total. The van der Waals surface area contributed by atoms with Gasteiger partial charge in [-0.3, -0.25) is 10.1 Å². The van der Waals surface area contributed by atoms with Crippen molar-refractivity contribution in [2.24, 2.45) is 0 Å². The molecule has 1 aliphatic carbocycles. The van der Waals surface area contributed by atoms with Crippen LogP contribution < -0.4 is 5.32 Å². The molecule has 1 fully saturated rings. The number of nitrogens with one attached hydrogen (secondary N) is 1. The molecule has 1 aliphatic rings. The van der Waals surface area contributed by atoms with Gasteiger partial charge in [0.1, 0.15) is 5.58 Å². The lowest BCUT2D eigenvalue weighted by Gasteiger charge is -2.20. The first-order chi connectivity index (χ1) is 14.7. The molecule has 2 aromatic carbocycles. The number of aromatic nitrogens is 1. The topological polar surface area (TPSA) is 55.1 Å². The summed E-state index contributed by atoms with van der Waals surface area (Å²) >= 11 is 3.45. The van der Waals surface area contributed by atoms with Crippen LogP contribution in [0.2, 0.25) is 0 Å². The number of thioether (sulfide) groups is 1. The predicted molar refractivity (Wildman–Crippen MR) is 127 cm³/mol. The molecule has 1 amide bonds. The minimum absolute atomic E-state index is 0.220. The Kier molecular flexibility index (Phi) is 5.52. The van der Waals surface area contributed by atoms with E-state index < -0.39 is 0 Å². The van der Waals surface area contributed by atoms with Crippen molar-refractivity contribution in [3.63, 3.8) is 0 Å². The molecule has 0 saturated heterocycles. The summed E-state index contributed by atoms with van der Waals surface area (Å²) in [5.41, 5.74) is 3.81. The van der Waals surface area contributed by atoms with E-state index in [-0.39, 0.29) is 5.91 Å². The number of para-hydroxylation sites is 2. The standard InChI is InChI=1S/C24H24N2O2S2/c1-15-8-7-13-20-21(15)25-24(30-20)26-23(27)22-18(14-29-16-9-3-2-4-10-16)17-11-5-6-12-19(17)28-22/h5-8,11-13,16H,2-4,9-10,14H2,1H3,(H,25,26,27). The molecule has 4 nitrogen and oxygen atoms in total. The Labute approximate surface area is 184 Å². The van der Waals surface area contributed by atoms with Gasteiger partial charge in [-0.1, -0.05) is 60.9 Å². The molecule has 0 radical (unpaired) electrons. The van der Waals surface area contributed by atoms with Crippen molar-refractivity contribution in [3.8, 4) is 0 Å². The normalized spacial score (nSPS) is 15.1. The number of benzene rings is 2. The Hall–Kier alpha value is -2.31. The molecule has 5 rings (SSSR count). The lowest BCUT2D eigenvalue weighted by Crippen LogP contribution is -2.13. The Balaban J connectivity index is 1.43. The summed E-state index contributed by atoms with van der Waals surface area (Å²) in [5, 5.41) is 5.30. The van der Waals surface area contributed by atoms with Gasteiger partial charge in [-0.2, -0.15) is 11.8 Å². The van der Waals surface area contributed by atoms with Crippen LogP contribution in [-0.4, -0.2) is 16.1 Å². The number of aryl methyl sites for hydroxylation is 1. The molecular weight excluding hydrogens is 412 g/mol. The van der Waals surface area contributed by atoms with Crippen molar-refractivity contribution in [3.05, 3.63) is 59.4 Å². The van der Waals surface area contributed by atoms with Gasteiger partial charge in [-0.05, 0) is 37.5 Å². The van der Waals surface area contributed by atoms with Gasteiger partial charge in [0.05, 0.1) is 10.2 Å². The summed E-state index contributed by atoms with van der Waals surface area (Å²) in [6.07, 6.45) is 6.52. The summed E-state index contributed by atoms with van der Waals surface area (Å²) in [6, 6.07) is 14.0. The largest absolute Gasteiger partial charge is 0.451 e. The van der Waals surface area contributed by atoms with Crippen LogP contribution in [0.15, 0.2) is 46.9 Å². The second-order valence-electron chi connectivity index (χ2n) is 7.87. The third-order valence-electron chi connectivity index (χ3n) is 5.76. The van der Waals surface area contributed by atoms with Crippen molar-refractivity contribution < 1.29 is 9.21 Å². The molecule has 0 aliphatic heterocycles. The third-order valence-corrected chi connectivity index (χ3v) is 8.10. The summed E-state index contributed by atoms with van der Waals surface area (Å²) in [7, 11) is 0. The Morgan fingerprint density at radius 2 is 2.00 bits per heavy atom. The molecule has 0 atom stereocenters. The van der Waals surface area contributed by atoms with Crippen molar-refractivity contribution in [2.75, 3.05) is 5.32 Å². The molecule has 0 bridgehead atoms. The molecule has 2 aromatic heterocycles. The van der Waals surface area contributed by atoms with Gasteiger partial charge in [0.25, 0.3) is 5.91 Å². The predicted octanol–water partition coefficient (Wildman–Crippen LogP) is 7.17. The zero-order valence-corrected chi connectivity index (χ0v) is 18.6. The number of thiazole rings is 1. The van der Waals surface area contributed by atoms with E-state index in [2.05, 4.69) is 10.3 Å². The fourth-order valence-corrected chi connectivity index (χ4v) is 6.45. The van der Waals surface area contributed by atoms with Crippen molar-refractivity contribution in [1.29, 1.82) is 0 Å². The number of nitrogens with zero attached hydrogens (tertiary/aromatic N) is 1. The molecule has 4 aromatic rings. The van der Waals surface area contributed by atoms with Crippen LogP contribution in [0.3, 0.4) is 0 Å². The number of rotatable bonds is 5. The van der Waals surface area contributed by atoms with Gasteiger partial charge in [0.2, 0.25) is 0 Å². The number of hydrogen-bond donors (Lipinski definition) is 1. The van der Waals surface area contributed by atoms with E-state index in [1.54, 1.807) is 0 Å². The molecule has 0 unspecified atom stereocenters. The highest BCUT2D eigenvalue weighted by Gasteiger charge is 2.23. The van der Waals surface area contributed by atoms with Crippen LogP contribution in [0.1, 0.15) is 53.8 Å². The first-order valence-corrected chi connectivity index (χ1v) is 12.3. The van der Waals surface area contributed by atoms with Gasteiger partial charge in [0, 0.05) is 22.0 Å². The monoisotopic (exact) mass is 436 g/mol. The van der Waals surface area contributed by atoms with Gasteiger partial charge in [-0.25, -0.2) is 4.98 Å². The highest BCUT2D eigenvalue weighted by molar-refractivity contribution is 7.99. The van der Waals surface area contributed by atoms with Crippen LogP contribution in [0.4, 0.5) is 5.13 Å². The Morgan fingerprint density at radius 1 is 1.17 bits per heavy atom. The maximum absolute atomic E-state index is 13.2. The third kappa shape index (κ3) is 3.86. The average molecular weight is 437 g/mol. The number of carbonyl (C=O) groups is 1. The zero-order valence-electron chi connectivity index (χ0n) is 16.9.